The van der Waals surface area contributed by atoms with Gasteiger partial charge in [-0.3, -0.25) is 4.79 Å². The molecule has 0 saturated heterocycles. The molecule has 1 aromatic rings. The molecule has 1 amide bonds. The van der Waals surface area contributed by atoms with Crippen molar-refractivity contribution >= 4 is 49.4 Å². The average Bonchev–Trinajstić information content (AvgIpc) is 2.38. The van der Waals surface area contributed by atoms with Crippen LogP contribution in [0.25, 0.3) is 0 Å². The smallest absolute Gasteiger partial charge is 0.337 e. The van der Waals surface area contributed by atoms with Gasteiger partial charge in [-0.2, -0.15) is 0 Å². The maximum absolute atomic E-state index is 11.9. The fraction of sp³-hybridized carbons (Fsp3) is 0.385. The van der Waals surface area contributed by atoms with Crippen molar-refractivity contribution in [3.8, 4) is 0 Å². The zero-order valence-electron chi connectivity index (χ0n) is 11.1. The van der Waals surface area contributed by atoms with Gasteiger partial charge in [-0.05, 0) is 41.4 Å². The quantitative estimate of drug-likeness (QED) is 0.752. The van der Waals surface area contributed by atoms with Crippen molar-refractivity contribution in [1.82, 2.24) is 0 Å². The van der Waals surface area contributed by atoms with Crippen molar-refractivity contribution in [1.29, 1.82) is 0 Å². The van der Waals surface area contributed by atoms with Crippen LogP contribution in [0.15, 0.2) is 21.1 Å². The highest BCUT2D eigenvalue weighted by atomic mass is 79.9. The second-order valence-corrected chi connectivity index (χ2v) is 6.02. The van der Waals surface area contributed by atoms with E-state index in [0.29, 0.717) is 15.4 Å². The Balaban J connectivity index is 2.86. The Morgan fingerprint density at radius 1 is 1.40 bits per heavy atom. The summed E-state index contributed by atoms with van der Waals surface area (Å²) in [5.74, 6) is -1.35. The number of aromatic carboxylic acids is 1. The first-order chi connectivity index (χ1) is 9.35. The molecule has 0 heterocycles. The van der Waals surface area contributed by atoms with Crippen LogP contribution in [0.4, 0.5) is 5.69 Å². The van der Waals surface area contributed by atoms with E-state index < -0.39 is 5.97 Å². The summed E-state index contributed by atoms with van der Waals surface area (Å²) in [6.07, 6.45) is 0.809. The maximum Gasteiger partial charge on any atom is 0.337 e. The second-order valence-electron chi connectivity index (χ2n) is 4.25. The van der Waals surface area contributed by atoms with Crippen LogP contribution in [0.2, 0.25) is 0 Å². The maximum atomic E-state index is 11.9. The molecule has 0 fully saturated rings. The summed E-state index contributed by atoms with van der Waals surface area (Å²) in [7, 11) is 1.58. The topological polar surface area (TPSA) is 75.6 Å². The number of rotatable bonds is 6. The standard InChI is InChI=1S/C13H15Br2NO4/c1-7(20-2)3-4-11(17)16-12-9(13(18)19)5-8(14)6-10(12)15/h5-7H,3-4H2,1-2H3,(H,16,17)(H,18,19). The van der Waals surface area contributed by atoms with Gasteiger partial charge in [-0.25, -0.2) is 4.79 Å². The summed E-state index contributed by atoms with van der Waals surface area (Å²) < 4.78 is 6.19. The van der Waals surface area contributed by atoms with Crippen molar-refractivity contribution in [2.24, 2.45) is 0 Å². The van der Waals surface area contributed by atoms with Crippen molar-refractivity contribution in [3.63, 3.8) is 0 Å². The molecule has 0 saturated carbocycles. The summed E-state index contributed by atoms with van der Waals surface area (Å²) in [5, 5.41) is 11.8. The van der Waals surface area contributed by atoms with Crippen molar-refractivity contribution < 1.29 is 19.4 Å². The molecule has 5 nitrogen and oxygen atoms in total. The van der Waals surface area contributed by atoms with Crippen LogP contribution < -0.4 is 5.32 Å². The van der Waals surface area contributed by atoms with E-state index in [2.05, 4.69) is 37.2 Å². The third kappa shape index (κ3) is 4.88. The molecule has 0 aromatic heterocycles. The van der Waals surface area contributed by atoms with Gasteiger partial charge < -0.3 is 15.2 Å². The molecular formula is C13H15Br2NO4. The first-order valence-electron chi connectivity index (χ1n) is 5.90. The molecule has 0 spiro atoms. The highest BCUT2D eigenvalue weighted by molar-refractivity contribution is 9.11. The minimum Gasteiger partial charge on any atom is -0.478 e. The highest BCUT2D eigenvalue weighted by Gasteiger charge is 2.17. The van der Waals surface area contributed by atoms with E-state index in [1.165, 1.54) is 6.07 Å². The number of carboxylic acid groups (broad SMARTS) is 1. The van der Waals surface area contributed by atoms with Gasteiger partial charge in [0.1, 0.15) is 0 Å². The van der Waals surface area contributed by atoms with E-state index in [-0.39, 0.29) is 29.7 Å². The van der Waals surface area contributed by atoms with Crippen molar-refractivity contribution in [2.45, 2.75) is 25.9 Å². The SMILES string of the molecule is COC(C)CCC(=O)Nc1c(Br)cc(Br)cc1C(=O)O. The molecule has 0 bridgehead atoms. The third-order valence-corrected chi connectivity index (χ3v) is 3.81. The molecular weight excluding hydrogens is 394 g/mol. The summed E-state index contributed by atoms with van der Waals surface area (Å²) in [4.78, 5) is 23.1. The van der Waals surface area contributed by atoms with Crippen molar-refractivity contribution in [3.05, 3.63) is 26.6 Å². The molecule has 1 rings (SSSR count). The lowest BCUT2D eigenvalue weighted by atomic mass is 10.1. The van der Waals surface area contributed by atoms with Crippen LogP contribution >= 0.6 is 31.9 Å². The number of hydrogen-bond donors (Lipinski definition) is 2. The molecule has 1 unspecified atom stereocenters. The normalized spacial score (nSPS) is 12.0. The monoisotopic (exact) mass is 407 g/mol. The number of carboxylic acids is 1. The van der Waals surface area contributed by atoms with Gasteiger partial charge >= 0.3 is 5.97 Å². The van der Waals surface area contributed by atoms with Crippen LogP contribution in [-0.4, -0.2) is 30.2 Å². The average molecular weight is 409 g/mol. The third-order valence-electron chi connectivity index (χ3n) is 2.73. The highest BCUT2D eigenvalue weighted by Crippen LogP contribution is 2.31. The Hall–Kier alpha value is -0.920. The summed E-state index contributed by atoms with van der Waals surface area (Å²) in [6, 6.07) is 3.13. The summed E-state index contributed by atoms with van der Waals surface area (Å²) in [5.41, 5.74) is 0.287. The molecule has 20 heavy (non-hydrogen) atoms. The Morgan fingerprint density at radius 3 is 2.60 bits per heavy atom. The number of benzene rings is 1. The fourth-order valence-corrected chi connectivity index (χ4v) is 2.85. The lowest BCUT2D eigenvalue weighted by Gasteiger charge is -2.13. The predicted molar refractivity (Wildman–Crippen MR) is 83.1 cm³/mol. The minimum absolute atomic E-state index is 0.0203. The summed E-state index contributed by atoms with van der Waals surface area (Å²) >= 11 is 6.47. The van der Waals surface area contributed by atoms with Gasteiger partial charge in [0.25, 0.3) is 0 Å². The number of carbonyl (C=O) groups is 2. The van der Waals surface area contributed by atoms with E-state index in [1.54, 1.807) is 13.2 Å². The van der Waals surface area contributed by atoms with E-state index in [4.69, 9.17) is 4.74 Å². The van der Waals surface area contributed by atoms with Crippen LogP contribution in [0.1, 0.15) is 30.1 Å². The number of hydrogen-bond acceptors (Lipinski definition) is 3. The lowest BCUT2D eigenvalue weighted by molar-refractivity contribution is -0.116. The van der Waals surface area contributed by atoms with E-state index >= 15 is 0 Å². The van der Waals surface area contributed by atoms with Crippen LogP contribution in [0.5, 0.6) is 0 Å². The van der Waals surface area contributed by atoms with E-state index in [9.17, 15) is 14.7 Å². The van der Waals surface area contributed by atoms with Crippen LogP contribution in [-0.2, 0) is 9.53 Å². The zero-order valence-corrected chi connectivity index (χ0v) is 14.2. The molecule has 1 atom stereocenters. The first-order valence-corrected chi connectivity index (χ1v) is 7.48. The van der Waals surface area contributed by atoms with Crippen LogP contribution in [0, 0.1) is 0 Å². The van der Waals surface area contributed by atoms with Gasteiger partial charge in [-0.1, -0.05) is 15.9 Å². The number of methoxy groups -OCH3 is 1. The van der Waals surface area contributed by atoms with Gasteiger partial charge in [0, 0.05) is 22.5 Å². The number of halogens is 2. The molecule has 0 aliphatic heterocycles. The van der Waals surface area contributed by atoms with Crippen molar-refractivity contribution in [2.75, 3.05) is 12.4 Å². The van der Waals surface area contributed by atoms with Crippen LogP contribution in [0.3, 0.4) is 0 Å². The van der Waals surface area contributed by atoms with Gasteiger partial charge in [-0.15, -0.1) is 0 Å². The molecule has 0 aliphatic carbocycles. The van der Waals surface area contributed by atoms with E-state index in [0.717, 1.165) is 0 Å². The molecule has 7 heteroatoms. The summed E-state index contributed by atoms with van der Waals surface area (Å²) in [6.45, 7) is 1.87. The molecule has 2 N–H and O–H groups in total. The number of anilines is 1. The van der Waals surface area contributed by atoms with Gasteiger partial charge in [0.2, 0.25) is 5.91 Å². The zero-order chi connectivity index (χ0) is 15.3. The minimum atomic E-state index is -1.10. The first kappa shape index (κ1) is 17.1. The van der Waals surface area contributed by atoms with Gasteiger partial charge in [0.05, 0.1) is 17.4 Å². The second kappa shape index (κ2) is 7.75. The fourth-order valence-electron chi connectivity index (χ4n) is 1.52. The Kier molecular flexibility index (Phi) is 6.64. The number of nitrogens with one attached hydrogen (secondary N) is 1. The number of carbonyl (C=O) groups excluding carboxylic acids is 1. The number of amides is 1. The largest absolute Gasteiger partial charge is 0.478 e. The number of ether oxygens (including phenoxy) is 1. The molecule has 0 radical (unpaired) electrons. The Bertz CT molecular complexity index is 519. The van der Waals surface area contributed by atoms with Gasteiger partial charge in [0.15, 0.2) is 0 Å². The predicted octanol–water partition coefficient (Wildman–Crippen LogP) is 3.66. The molecule has 110 valence electrons. The lowest BCUT2D eigenvalue weighted by Crippen LogP contribution is -2.17. The Labute approximate surface area is 134 Å². The van der Waals surface area contributed by atoms with E-state index in [1.807, 2.05) is 6.92 Å². The Morgan fingerprint density at radius 2 is 2.05 bits per heavy atom. The molecule has 0 aliphatic rings. The molecule has 1 aromatic carbocycles.